The van der Waals surface area contributed by atoms with Gasteiger partial charge in [0.05, 0.1) is 13.0 Å². The van der Waals surface area contributed by atoms with Crippen LogP contribution in [0.5, 0.6) is 0 Å². The second-order valence-electron chi connectivity index (χ2n) is 19.1. The van der Waals surface area contributed by atoms with Crippen LogP contribution in [0.2, 0.25) is 0 Å². The van der Waals surface area contributed by atoms with Crippen LogP contribution >= 0.6 is 0 Å². The zero-order valence-corrected chi connectivity index (χ0v) is 49.2. The van der Waals surface area contributed by atoms with Gasteiger partial charge in [-0.25, -0.2) is 4.79 Å². The summed E-state index contributed by atoms with van der Waals surface area (Å²) in [5.41, 5.74) is 0. The Kier molecular flexibility index (Phi) is 48.9. The second kappa shape index (κ2) is 54.4. The van der Waals surface area contributed by atoms with E-state index in [0.29, 0.717) is 25.7 Å². The molecule has 12 nitrogen and oxygen atoms in total. The highest BCUT2D eigenvalue weighted by atomic mass is 16.7. The van der Waals surface area contributed by atoms with Crippen molar-refractivity contribution in [1.29, 1.82) is 0 Å². The first kappa shape index (κ1) is 72.8. The summed E-state index contributed by atoms with van der Waals surface area (Å²) in [5, 5.41) is 31.5. The van der Waals surface area contributed by atoms with E-state index in [0.717, 1.165) is 109 Å². The molecule has 12 heteroatoms. The van der Waals surface area contributed by atoms with Gasteiger partial charge in [0, 0.05) is 12.8 Å². The van der Waals surface area contributed by atoms with E-state index in [2.05, 4.69) is 167 Å². The minimum atomic E-state index is -1.95. The summed E-state index contributed by atoms with van der Waals surface area (Å²) in [6.07, 6.45) is 70.3. The number of esters is 3. The number of allylic oxidation sites excluding steroid dienone is 29. The van der Waals surface area contributed by atoms with Crippen LogP contribution < -0.4 is 0 Å². The third-order valence-corrected chi connectivity index (χ3v) is 12.0. The van der Waals surface area contributed by atoms with Crippen molar-refractivity contribution in [1.82, 2.24) is 0 Å². The zero-order valence-electron chi connectivity index (χ0n) is 49.2. The van der Waals surface area contributed by atoms with Crippen LogP contribution in [-0.4, -0.2) is 89.2 Å². The Balaban J connectivity index is 2.81. The SMILES string of the molecule is CC/C=C\C/C=C\C/C=C\C/C=C\C/C=C\CCCCCC(=O)OC1C(OCC(COC(=O)CCC/C=C\C/C=C\C/C=C\C/C=C\C/C=C\CC)OC(=O)C/C=C\C/C=C\C/C=C\C/C=C\C/C=C\CC)OC(C(=O)O)C(O)C1O. The number of hydrogen-bond donors (Lipinski definition) is 3. The molecule has 0 aromatic carbocycles. The first-order valence-electron chi connectivity index (χ1n) is 29.8. The third-order valence-electron chi connectivity index (χ3n) is 12.0. The van der Waals surface area contributed by atoms with Crippen LogP contribution in [0, 0.1) is 0 Å². The molecule has 0 spiro atoms. The molecular weight excluding hydrogens is 1020 g/mol. The molecule has 0 aliphatic carbocycles. The molecule has 448 valence electrons. The first-order chi connectivity index (χ1) is 39.6. The van der Waals surface area contributed by atoms with E-state index in [4.69, 9.17) is 23.7 Å². The molecule has 6 atom stereocenters. The molecule has 0 aromatic rings. The van der Waals surface area contributed by atoms with Gasteiger partial charge in [-0.3, -0.25) is 14.4 Å². The second-order valence-corrected chi connectivity index (χ2v) is 19.1. The Morgan fingerprint density at radius 3 is 1.20 bits per heavy atom. The Labute approximate surface area is 487 Å². The lowest BCUT2D eigenvalue weighted by atomic mass is 9.98. The van der Waals surface area contributed by atoms with Gasteiger partial charge in [-0.15, -0.1) is 0 Å². The molecule has 0 amide bonds. The van der Waals surface area contributed by atoms with Crippen molar-refractivity contribution < 1.29 is 58.2 Å². The number of aliphatic hydroxyl groups is 2. The lowest BCUT2D eigenvalue weighted by Crippen LogP contribution is -2.61. The molecule has 1 heterocycles. The van der Waals surface area contributed by atoms with E-state index in [1.165, 1.54) is 0 Å². The van der Waals surface area contributed by atoms with Gasteiger partial charge in [0.2, 0.25) is 0 Å². The summed E-state index contributed by atoms with van der Waals surface area (Å²) in [6, 6.07) is 0. The summed E-state index contributed by atoms with van der Waals surface area (Å²) in [5.74, 6) is -3.45. The molecule has 1 saturated heterocycles. The van der Waals surface area contributed by atoms with Crippen molar-refractivity contribution in [2.24, 2.45) is 0 Å². The quantitative estimate of drug-likeness (QED) is 0.0228. The maximum Gasteiger partial charge on any atom is 0.335 e. The van der Waals surface area contributed by atoms with Crippen molar-refractivity contribution in [2.75, 3.05) is 13.2 Å². The van der Waals surface area contributed by atoms with E-state index in [9.17, 15) is 34.5 Å². The van der Waals surface area contributed by atoms with E-state index in [-0.39, 0.29) is 19.3 Å². The number of ether oxygens (including phenoxy) is 5. The predicted octanol–water partition coefficient (Wildman–Crippen LogP) is 15.7. The maximum atomic E-state index is 13.1. The predicted molar refractivity (Wildman–Crippen MR) is 330 cm³/mol. The van der Waals surface area contributed by atoms with Crippen LogP contribution in [0.1, 0.15) is 175 Å². The molecule has 0 aromatic heterocycles. The maximum absolute atomic E-state index is 13.1. The van der Waals surface area contributed by atoms with Crippen molar-refractivity contribution >= 4 is 23.9 Å². The molecule has 0 saturated carbocycles. The number of aliphatic carboxylic acids is 1. The lowest BCUT2D eigenvalue weighted by molar-refractivity contribution is -0.301. The van der Waals surface area contributed by atoms with E-state index >= 15 is 0 Å². The van der Waals surface area contributed by atoms with Gasteiger partial charge in [0.1, 0.15) is 18.8 Å². The Morgan fingerprint density at radius 1 is 0.420 bits per heavy atom. The number of carboxylic acids is 1. The Bertz CT molecular complexity index is 2110. The summed E-state index contributed by atoms with van der Waals surface area (Å²) in [7, 11) is 0. The van der Waals surface area contributed by atoms with Crippen LogP contribution in [0.15, 0.2) is 182 Å². The number of hydrogen-bond acceptors (Lipinski definition) is 11. The summed E-state index contributed by atoms with van der Waals surface area (Å²) < 4.78 is 28.2. The van der Waals surface area contributed by atoms with Gasteiger partial charge in [-0.05, 0) is 128 Å². The Hall–Kier alpha value is -6.18. The van der Waals surface area contributed by atoms with E-state index < -0.39 is 73.9 Å². The molecule has 1 rings (SSSR count). The van der Waals surface area contributed by atoms with Gasteiger partial charge < -0.3 is 39.0 Å². The third kappa shape index (κ3) is 44.2. The molecule has 1 aliphatic rings. The van der Waals surface area contributed by atoms with Gasteiger partial charge in [-0.2, -0.15) is 0 Å². The minimum absolute atomic E-state index is 0.00681. The van der Waals surface area contributed by atoms with Gasteiger partial charge in [-0.1, -0.05) is 209 Å². The minimum Gasteiger partial charge on any atom is -0.479 e. The first-order valence-corrected chi connectivity index (χ1v) is 29.8. The summed E-state index contributed by atoms with van der Waals surface area (Å²) in [4.78, 5) is 51.1. The number of carbonyl (C=O) groups is 4. The summed E-state index contributed by atoms with van der Waals surface area (Å²) in [6.45, 7) is 5.47. The van der Waals surface area contributed by atoms with E-state index in [1.54, 1.807) is 6.08 Å². The van der Waals surface area contributed by atoms with Crippen LogP contribution in [0.25, 0.3) is 0 Å². The molecule has 1 fully saturated rings. The Morgan fingerprint density at radius 2 is 0.790 bits per heavy atom. The molecular formula is C69H100O12. The monoisotopic (exact) mass is 1120 g/mol. The van der Waals surface area contributed by atoms with Crippen molar-refractivity contribution in [3.63, 3.8) is 0 Å². The summed E-state index contributed by atoms with van der Waals surface area (Å²) >= 11 is 0. The number of unbranched alkanes of at least 4 members (excludes halogenated alkanes) is 4. The van der Waals surface area contributed by atoms with Crippen LogP contribution in [0.3, 0.4) is 0 Å². The standard InChI is InChI=1S/C69H100O12/c1-4-7-10-13-16-19-22-25-28-30-31-33-36-39-42-45-48-51-54-57-63(72)80-67-65(74)64(73)66(68(75)76)81-69(67)78-59-60(79-62(71)56-53-50-47-44-41-38-34-27-24-21-18-15-12-9-6-3)58-77-61(70)55-52-49-46-43-40-37-35-32-29-26-23-20-17-14-11-8-5-2/h7-12,16-21,25-29,31,33-35,37,39,41-44,46,50,53,60,64-67,69,73-74H,4-6,13-15,22-24,30,32,36,38,40,45,47-49,51-52,54-59H2,1-3H3,(H,75,76)/b10-7-,11-8-,12-9-,19-16-,20-17-,21-18-,28-25-,29-26-,33-31-,34-27-,37-35-,42-39-,44-41-,46-43-,53-50-. The molecule has 0 bridgehead atoms. The smallest absolute Gasteiger partial charge is 0.335 e. The molecule has 3 N–H and O–H groups in total. The number of carbonyl (C=O) groups excluding carboxylic acids is 3. The molecule has 0 radical (unpaired) electrons. The fourth-order valence-corrected chi connectivity index (χ4v) is 7.56. The van der Waals surface area contributed by atoms with Crippen LogP contribution in [0.4, 0.5) is 0 Å². The lowest BCUT2D eigenvalue weighted by Gasteiger charge is -2.40. The fourth-order valence-electron chi connectivity index (χ4n) is 7.56. The number of rotatable bonds is 47. The average Bonchev–Trinajstić information content (AvgIpc) is 3.54. The molecule has 1 aliphatic heterocycles. The zero-order chi connectivity index (χ0) is 58.9. The van der Waals surface area contributed by atoms with E-state index in [1.807, 2.05) is 30.4 Å². The largest absolute Gasteiger partial charge is 0.479 e. The van der Waals surface area contributed by atoms with Gasteiger partial charge in [0.25, 0.3) is 0 Å². The van der Waals surface area contributed by atoms with Gasteiger partial charge in [0.15, 0.2) is 24.6 Å². The normalized spacial score (nSPS) is 19.0. The highest BCUT2D eigenvalue weighted by molar-refractivity contribution is 5.74. The van der Waals surface area contributed by atoms with Crippen LogP contribution in [-0.2, 0) is 42.9 Å². The molecule has 6 unspecified atom stereocenters. The van der Waals surface area contributed by atoms with Gasteiger partial charge >= 0.3 is 23.9 Å². The number of aliphatic hydroxyl groups excluding tert-OH is 2. The highest BCUT2D eigenvalue weighted by Crippen LogP contribution is 2.26. The molecule has 81 heavy (non-hydrogen) atoms. The van der Waals surface area contributed by atoms with Crippen molar-refractivity contribution in [3.8, 4) is 0 Å². The topological polar surface area (TPSA) is 175 Å². The van der Waals surface area contributed by atoms with Crippen molar-refractivity contribution in [3.05, 3.63) is 182 Å². The average molecular weight is 1120 g/mol. The number of carboxylic acid groups (broad SMARTS) is 1. The fraction of sp³-hybridized carbons (Fsp3) is 0.507. The van der Waals surface area contributed by atoms with Crippen molar-refractivity contribution in [2.45, 2.75) is 212 Å². The highest BCUT2D eigenvalue weighted by Gasteiger charge is 2.50.